The summed E-state index contributed by atoms with van der Waals surface area (Å²) in [6.07, 6.45) is 5.65. The molecule has 40 nitrogen and oxygen atoms in total. The van der Waals surface area contributed by atoms with E-state index in [1.54, 1.807) is 44.3 Å². The number of rotatable bonds is 42. The second-order valence-corrected chi connectivity index (χ2v) is 41.0. The number of carbonyl (C=O) groups excluding carboxylic acids is 23. The van der Waals surface area contributed by atoms with Crippen LogP contribution in [0.3, 0.4) is 0 Å². The smallest absolute Gasteiger partial charge is 0.353 e. The van der Waals surface area contributed by atoms with Crippen LogP contribution in [0.1, 0.15) is 252 Å². The van der Waals surface area contributed by atoms with Gasteiger partial charge in [-0.05, 0) is 96.4 Å². The Morgan fingerprint density at radius 1 is 0.442 bits per heavy atom. The first kappa shape index (κ1) is 115. The van der Waals surface area contributed by atoms with Gasteiger partial charge in [-0.2, -0.15) is 43.7 Å². The van der Waals surface area contributed by atoms with Crippen LogP contribution in [-0.4, -0.2) is 251 Å². The van der Waals surface area contributed by atoms with Crippen LogP contribution in [0.15, 0.2) is 0 Å². The number of likely N-dealkylation sites (tertiary alicyclic amines) is 2. The fourth-order valence-corrected chi connectivity index (χ4v) is 17.4. The van der Waals surface area contributed by atoms with Gasteiger partial charge in [0.1, 0.15) is 11.7 Å². The third-order valence-electron chi connectivity index (χ3n) is 21.1. The average Bonchev–Trinajstić information content (AvgIpc) is 1.75. The molecule has 8 aliphatic rings. The summed E-state index contributed by atoms with van der Waals surface area (Å²) >= 11 is 5.02. The van der Waals surface area contributed by atoms with Crippen molar-refractivity contribution in [1.29, 1.82) is 0 Å². The van der Waals surface area contributed by atoms with E-state index in [1.165, 1.54) is 34.9 Å². The van der Waals surface area contributed by atoms with Crippen LogP contribution in [0.5, 0.6) is 0 Å². The van der Waals surface area contributed by atoms with Crippen molar-refractivity contribution >= 4 is 181 Å². The quantitative estimate of drug-likeness (QED) is 0.0313. The summed E-state index contributed by atoms with van der Waals surface area (Å²) in [7, 11) is -3.24. The van der Waals surface area contributed by atoms with Crippen molar-refractivity contribution in [3.63, 3.8) is 0 Å². The molecule has 2 N–H and O–H groups in total. The minimum Gasteiger partial charge on any atom is -0.356 e. The van der Waals surface area contributed by atoms with E-state index in [4.69, 9.17) is 24.2 Å². The van der Waals surface area contributed by atoms with Crippen molar-refractivity contribution in [3.05, 3.63) is 6.42 Å². The molecule has 0 bridgehead atoms. The maximum absolute atomic E-state index is 12.4. The molecule has 8 rings (SSSR count). The third-order valence-corrected chi connectivity index (χ3v) is 26.2. The molecule has 129 heavy (non-hydrogen) atoms. The Morgan fingerprint density at radius 3 is 1.30 bits per heavy atom. The van der Waals surface area contributed by atoms with Crippen LogP contribution in [0, 0.1) is 96.7 Å². The van der Waals surface area contributed by atoms with E-state index in [0.29, 0.717) is 98.3 Å². The van der Waals surface area contributed by atoms with Crippen LogP contribution >= 0.6 is 35.3 Å². The van der Waals surface area contributed by atoms with Gasteiger partial charge in [0.05, 0.1) is 26.0 Å². The molecule has 0 aromatic rings. The SMILES string of the molecule is CC(C)C1CC(=O)N(CC2CCC(C(=O)ON3C(=O)[CH-]CC3=O)CC2)C1=O.CC(C)SC(C)CCC(=O)ON1C(=O)CC(C)C1=O.CC(C)SCCCC(=O)ON1C(=O)CC(C)C1=O.CC1CC(=O)N(OC(=O)CCNC(=O)CCC(=O)CNC(=O)CCC(=O)CCCN2C(=O)CC(C(C)C)C2=O)C1=O.COS(=O)(=O)C(CCSC(C)C)C(=O)ON1C(=O)CC(C)C1=O.[U]. The van der Waals surface area contributed by atoms with Gasteiger partial charge in [0, 0.05) is 175 Å². The molecule has 0 aromatic carbocycles. The van der Waals surface area contributed by atoms with Gasteiger partial charge < -0.3 is 39.6 Å². The second kappa shape index (κ2) is 55.7. The van der Waals surface area contributed by atoms with Gasteiger partial charge in [0.15, 0.2) is 11.0 Å². The van der Waals surface area contributed by atoms with Crippen molar-refractivity contribution in [2.24, 2.45) is 59.2 Å². The van der Waals surface area contributed by atoms with Crippen LogP contribution in [0.4, 0.5) is 0 Å². The Balaban J connectivity index is 0.000000430. The standard InChI is InChI=1S/C27H38N4O10.C19H25N2O6.C13H21NO7S2.C13H21NO4S.C12H19NO4S.U/c1-16(2)20-14-23(36)30(27(20)40)12-4-5-18(32)6-8-22(35)29-15-19(33)7-9-21(34)28-11-10-25(38)41-31-24(37)13-17(3)26(31)39;1-11(2)14-9-17(24)20(18(14)25)10-12-3-5-13(6-4-12)19(26)27-21-15(22)7-8-16(21)23;1-8(2)22-6-5-10(23(18,19)20-4)13(17)21-14-11(15)7-9(3)12(14)16;1-8(2)19-10(4)5-6-12(16)18-14-11(15)7-9(3)13(14)17;1-8(2)18-6-4-5-11(15)17-13-10(14)7-9(3)12(13)16;/h16-17,20H,4-15H2,1-3H3,(H,28,34)(H,29,35);7,11-14H,3-6,8-10H2,1-2H3;8-10H,5-7H2,1-4H3;8-10H,5-7H2,1-4H3;8-9H,4-7H2,1-3H3;/q;-1;;;;. The number of hydrogen-bond donors (Lipinski definition) is 2. The molecule has 7 aliphatic heterocycles. The third kappa shape index (κ3) is 37.9. The first-order valence-corrected chi connectivity index (χ1v) is 47.6. The number of Topliss-reactive ketones (excluding diaryl/α,β-unsaturated/α-hetero) is 2. The molecular weight excluding hydrogens is 2000 g/mol. The topological polar surface area (TPSA) is 529 Å². The monoisotopic (exact) mass is 2120 g/mol. The van der Waals surface area contributed by atoms with Crippen molar-refractivity contribution in [2.45, 2.75) is 278 Å². The van der Waals surface area contributed by atoms with Gasteiger partial charge in [0.25, 0.3) is 57.4 Å². The fraction of sp³-hybridized carbons (Fsp3) is 0.714. The van der Waals surface area contributed by atoms with Crippen molar-refractivity contribution in [1.82, 2.24) is 45.7 Å². The number of ketones is 2. The molecule has 16 amide bonds. The van der Waals surface area contributed by atoms with Gasteiger partial charge in [-0.1, -0.05) is 110 Å². The van der Waals surface area contributed by atoms with E-state index in [9.17, 15) is 119 Å². The van der Waals surface area contributed by atoms with E-state index < -0.39 is 140 Å². The molecule has 45 heteroatoms. The van der Waals surface area contributed by atoms with Crippen molar-refractivity contribution < 1.29 is 178 Å². The Morgan fingerprint density at radius 2 is 0.876 bits per heavy atom. The zero-order valence-electron chi connectivity index (χ0n) is 76.2. The summed E-state index contributed by atoms with van der Waals surface area (Å²) in [5.74, 6) is -12.5. The summed E-state index contributed by atoms with van der Waals surface area (Å²) in [6.45, 7) is 28.5. The number of nitrogens with zero attached hydrogens (tertiary/aromatic N) is 7. The van der Waals surface area contributed by atoms with Crippen molar-refractivity contribution in [2.75, 3.05) is 44.8 Å². The summed E-state index contributed by atoms with van der Waals surface area (Å²) in [5, 5.41) is 7.42. The second-order valence-electron chi connectivity index (χ2n) is 33.7. The van der Waals surface area contributed by atoms with Crippen molar-refractivity contribution in [3.8, 4) is 0 Å². The summed E-state index contributed by atoms with van der Waals surface area (Å²) in [5.41, 5.74) is 0. The molecule has 720 valence electrons. The number of carbonyl (C=O) groups is 23. The molecule has 8 unspecified atom stereocenters. The molecule has 0 radical (unpaired) electrons. The Kier molecular flexibility index (Phi) is 49.5. The molecule has 0 spiro atoms. The number of hydroxylamine groups is 10. The van der Waals surface area contributed by atoms with Gasteiger partial charge in [-0.3, -0.25) is 102 Å². The fourth-order valence-electron chi connectivity index (χ4n) is 13.6. The average molecular weight is 2120 g/mol. The minimum absolute atomic E-state index is 0. The van der Waals surface area contributed by atoms with Gasteiger partial charge in [0.2, 0.25) is 41.4 Å². The van der Waals surface area contributed by atoms with E-state index in [1.807, 2.05) is 48.5 Å². The van der Waals surface area contributed by atoms with E-state index >= 15 is 0 Å². The first-order chi connectivity index (χ1) is 59.9. The normalized spacial score (nSPS) is 21.5. The van der Waals surface area contributed by atoms with Crippen LogP contribution < -0.4 is 10.6 Å². The van der Waals surface area contributed by atoms with Crippen LogP contribution in [0.2, 0.25) is 0 Å². The van der Waals surface area contributed by atoms with Crippen LogP contribution in [-0.2, 0) is 149 Å². The van der Waals surface area contributed by atoms with Gasteiger partial charge in [-0.15, -0.1) is 25.3 Å². The number of amides is 16. The number of thioether (sulfide) groups is 3. The zero-order valence-corrected chi connectivity index (χ0v) is 83.6. The molecule has 8 atom stereocenters. The zero-order chi connectivity index (χ0) is 96.5. The number of hydrogen-bond acceptors (Lipinski definition) is 34. The first-order valence-electron chi connectivity index (χ1n) is 43.1. The van der Waals surface area contributed by atoms with Gasteiger partial charge >= 0.3 is 29.8 Å². The predicted octanol–water partition coefficient (Wildman–Crippen LogP) is 5.84. The number of imide groups is 7. The molecule has 0 aromatic heterocycles. The maximum Gasteiger partial charge on any atom is 0.353 e. The van der Waals surface area contributed by atoms with Crippen LogP contribution in [0.25, 0.3) is 0 Å². The Labute approximate surface area is 788 Å². The van der Waals surface area contributed by atoms with E-state index in [0.717, 1.165) is 12.9 Å². The summed E-state index contributed by atoms with van der Waals surface area (Å²) < 4.78 is 28.2. The molecule has 7 heterocycles. The number of nitrogens with one attached hydrogen (secondary N) is 2. The molecule has 8 fully saturated rings. The molecular formula is C84H124N9O31S4U-. The summed E-state index contributed by atoms with van der Waals surface area (Å²) in [4.78, 5) is 298. The molecule has 7 saturated heterocycles. The maximum atomic E-state index is 12.4. The van der Waals surface area contributed by atoms with Gasteiger partial charge in [-0.25, -0.2) is 24.0 Å². The minimum atomic E-state index is -4.18. The largest absolute Gasteiger partial charge is 0.356 e. The molecule has 1 aliphatic carbocycles. The van der Waals surface area contributed by atoms with E-state index in [-0.39, 0.29) is 230 Å². The predicted molar refractivity (Wildman–Crippen MR) is 457 cm³/mol. The molecule has 1 saturated carbocycles. The summed E-state index contributed by atoms with van der Waals surface area (Å²) in [6, 6.07) is 0. The Bertz CT molecular complexity index is 4200. The Hall–Kier alpha value is -8.51. The van der Waals surface area contributed by atoms with E-state index in [2.05, 4.69) is 42.5 Å².